The minimum Gasteiger partial charge on any atom is -0.354 e. The van der Waals surface area contributed by atoms with Crippen molar-refractivity contribution in [2.75, 3.05) is 12.3 Å². The van der Waals surface area contributed by atoms with E-state index in [-0.39, 0.29) is 35.7 Å². The van der Waals surface area contributed by atoms with Gasteiger partial charge in [-0.3, -0.25) is 9.59 Å². The topological polar surface area (TPSA) is 49.4 Å². The van der Waals surface area contributed by atoms with Crippen LogP contribution in [0.2, 0.25) is 0 Å². The maximum atomic E-state index is 13.2. The molecule has 0 heterocycles. The Balaban J connectivity index is 2.04. The number of amides is 2. The van der Waals surface area contributed by atoms with Crippen LogP contribution in [0.25, 0.3) is 0 Å². The molecule has 4 nitrogen and oxygen atoms in total. The van der Waals surface area contributed by atoms with Crippen molar-refractivity contribution in [2.24, 2.45) is 5.92 Å². The van der Waals surface area contributed by atoms with Gasteiger partial charge in [0.15, 0.2) is 0 Å². The molecule has 2 amide bonds. The van der Waals surface area contributed by atoms with E-state index in [1.54, 1.807) is 31.2 Å². The molecule has 0 saturated heterocycles. The Morgan fingerprint density at radius 3 is 2.00 bits per heavy atom. The first-order valence-electron chi connectivity index (χ1n) is 9.90. The van der Waals surface area contributed by atoms with Gasteiger partial charge in [-0.25, -0.2) is 8.78 Å². The van der Waals surface area contributed by atoms with E-state index in [0.717, 1.165) is 11.1 Å². The molecule has 1 atom stereocenters. The van der Waals surface area contributed by atoms with Gasteiger partial charge in [-0.05, 0) is 48.2 Å². The summed E-state index contributed by atoms with van der Waals surface area (Å²) in [5.74, 6) is -0.0132. The zero-order valence-corrected chi connectivity index (χ0v) is 18.3. The normalized spacial score (nSPS) is 11.9. The average molecular weight is 435 g/mol. The van der Waals surface area contributed by atoms with Crippen LogP contribution >= 0.6 is 11.8 Å². The lowest BCUT2D eigenvalue weighted by Gasteiger charge is -2.29. The quantitative estimate of drug-likeness (QED) is 0.604. The fourth-order valence-electron chi connectivity index (χ4n) is 2.74. The number of nitrogens with one attached hydrogen (secondary N) is 1. The van der Waals surface area contributed by atoms with Gasteiger partial charge in [-0.15, -0.1) is 11.8 Å². The van der Waals surface area contributed by atoms with E-state index >= 15 is 0 Å². The fourth-order valence-corrected chi connectivity index (χ4v) is 3.61. The lowest BCUT2D eigenvalue weighted by atomic mass is 10.1. The van der Waals surface area contributed by atoms with Crippen molar-refractivity contribution in [3.05, 3.63) is 71.3 Å². The Labute approximate surface area is 181 Å². The number of carbonyl (C=O) groups is 2. The van der Waals surface area contributed by atoms with Crippen molar-refractivity contribution in [3.8, 4) is 0 Å². The molecule has 0 aliphatic rings. The number of rotatable bonds is 10. The second kappa shape index (κ2) is 11.7. The molecule has 0 bridgehead atoms. The van der Waals surface area contributed by atoms with Gasteiger partial charge in [0.05, 0.1) is 5.75 Å². The van der Waals surface area contributed by atoms with Gasteiger partial charge in [0.1, 0.15) is 17.7 Å². The second-order valence-corrected chi connectivity index (χ2v) is 8.57. The fraction of sp³-hybridized carbons (Fsp3) is 0.391. The van der Waals surface area contributed by atoms with Crippen molar-refractivity contribution in [1.82, 2.24) is 10.2 Å². The van der Waals surface area contributed by atoms with Crippen molar-refractivity contribution < 1.29 is 18.4 Å². The molecule has 1 N–H and O–H groups in total. The summed E-state index contributed by atoms with van der Waals surface area (Å²) >= 11 is 1.40. The third kappa shape index (κ3) is 7.78. The maximum Gasteiger partial charge on any atom is 0.242 e. The second-order valence-electron chi connectivity index (χ2n) is 7.58. The van der Waals surface area contributed by atoms with Gasteiger partial charge in [0, 0.05) is 18.8 Å². The van der Waals surface area contributed by atoms with Crippen LogP contribution in [-0.4, -0.2) is 35.1 Å². The highest BCUT2D eigenvalue weighted by Gasteiger charge is 2.26. The number of hydrogen-bond acceptors (Lipinski definition) is 3. The van der Waals surface area contributed by atoms with E-state index in [9.17, 15) is 18.4 Å². The van der Waals surface area contributed by atoms with E-state index in [1.165, 1.54) is 40.9 Å². The Kier molecular flexibility index (Phi) is 9.30. The molecule has 2 rings (SSSR count). The predicted octanol–water partition coefficient (Wildman–Crippen LogP) is 4.39. The largest absolute Gasteiger partial charge is 0.354 e. The average Bonchev–Trinajstić information content (AvgIpc) is 2.72. The molecule has 30 heavy (non-hydrogen) atoms. The molecule has 2 aromatic carbocycles. The minimum absolute atomic E-state index is 0.181. The van der Waals surface area contributed by atoms with Crippen LogP contribution in [0.4, 0.5) is 8.78 Å². The van der Waals surface area contributed by atoms with Crippen molar-refractivity contribution in [1.29, 1.82) is 0 Å². The zero-order valence-electron chi connectivity index (χ0n) is 17.5. The van der Waals surface area contributed by atoms with Gasteiger partial charge >= 0.3 is 0 Å². The molecule has 7 heteroatoms. The number of thioether (sulfide) groups is 1. The number of nitrogens with zero attached hydrogens (tertiary/aromatic N) is 1. The Morgan fingerprint density at radius 1 is 0.933 bits per heavy atom. The molecular formula is C23H28F2N2O2S. The first-order valence-corrected chi connectivity index (χ1v) is 11.1. The monoisotopic (exact) mass is 434 g/mol. The van der Waals surface area contributed by atoms with Gasteiger partial charge in [-0.1, -0.05) is 38.1 Å². The van der Waals surface area contributed by atoms with Gasteiger partial charge in [0.25, 0.3) is 0 Å². The molecule has 0 fully saturated rings. The van der Waals surface area contributed by atoms with Crippen LogP contribution in [-0.2, 0) is 21.9 Å². The molecule has 0 radical (unpaired) electrons. The number of carbonyl (C=O) groups excluding carboxylic acids is 2. The van der Waals surface area contributed by atoms with Gasteiger partial charge in [-0.2, -0.15) is 0 Å². The van der Waals surface area contributed by atoms with E-state index in [1.807, 2.05) is 13.8 Å². The molecule has 0 aliphatic heterocycles. The van der Waals surface area contributed by atoms with Crippen LogP contribution in [0.5, 0.6) is 0 Å². The third-order valence-electron chi connectivity index (χ3n) is 4.53. The summed E-state index contributed by atoms with van der Waals surface area (Å²) in [5, 5.41) is 2.86. The van der Waals surface area contributed by atoms with Crippen molar-refractivity contribution in [3.63, 3.8) is 0 Å². The van der Waals surface area contributed by atoms with Gasteiger partial charge < -0.3 is 10.2 Å². The summed E-state index contributed by atoms with van der Waals surface area (Å²) in [7, 11) is 0. The van der Waals surface area contributed by atoms with E-state index in [0.29, 0.717) is 18.2 Å². The van der Waals surface area contributed by atoms with Crippen LogP contribution in [0.1, 0.15) is 31.9 Å². The van der Waals surface area contributed by atoms with Crippen LogP contribution in [0.3, 0.4) is 0 Å². The first kappa shape index (κ1) is 23.9. The van der Waals surface area contributed by atoms with Crippen LogP contribution in [0.15, 0.2) is 48.5 Å². The van der Waals surface area contributed by atoms with Crippen LogP contribution in [0, 0.1) is 17.6 Å². The molecule has 2 aromatic rings. The Hall–Kier alpha value is -2.41. The Morgan fingerprint density at radius 2 is 1.47 bits per heavy atom. The molecular weight excluding hydrogens is 406 g/mol. The van der Waals surface area contributed by atoms with E-state index < -0.39 is 6.04 Å². The smallest absolute Gasteiger partial charge is 0.242 e. The summed E-state index contributed by atoms with van der Waals surface area (Å²) in [6, 6.07) is 11.4. The number of hydrogen-bond donors (Lipinski definition) is 1. The highest BCUT2D eigenvalue weighted by molar-refractivity contribution is 7.99. The number of benzene rings is 2. The summed E-state index contributed by atoms with van der Waals surface area (Å²) in [6.45, 7) is 6.44. The highest BCUT2D eigenvalue weighted by Crippen LogP contribution is 2.16. The summed E-state index contributed by atoms with van der Waals surface area (Å²) < 4.78 is 26.2. The van der Waals surface area contributed by atoms with Crippen LogP contribution < -0.4 is 5.32 Å². The molecule has 0 unspecified atom stereocenters. The number of halogens is 2. The van der Waals surface area contributed by atoms with E-state index in [2.05, 4.69) is 5.32 Å². The Bertz CT molecular complexity index is 826. The summed E-state index contributed by atoms with van der Waals surface area (Å²) in [6.07, 6.45) is 0. The van der Waals surface area contributed by atoms with E-state index in [4.69, 9.17) is 0 Å². The summed E-state index contributed by atoms with van der Waals surface area (Å²) in [4.78, 5) is 27.0. The van der Waals surface area contributed by atoms with Crippen molar-refractivity contribution >= 4 is 23.6 Å². The van der Waals surface area contributed by atoms with Gasteiger partial charge in [0.2, 0.25) is 11.8 Å². The zero-order chi connectivity index (χ0) is 22.1. The summed E-state index contributed by atoms with van der Waals surface area (Å²) in [5.41, 5.74) is 1.67. The molecule has 0 aromatic heterocycles. The lowest BCUT2D eigenvalue weighted by molar-refractivity contribution is -0.138. The standard InChI is InChI=1S/C23H28F2N2O2S/c1-16(2)12-26-23(29)17(3)27(13-18-4-8-20(24)9-5-18)22(28)15-30-14-19-6-10-21(25)11-7-19/h4-11,16-17H,12-15H2,1-3H3,(H,26,29)/t17-/m0/s1. The molecule has 0 spiro atoms. The minimum atomic E-state index is -0.660. The predicted molar refractivity (Wildman–Crippen MR) is 117 cm³/mol. The lowest BCUT2D eigenvalue weighted by Crippen LogP contribution is -2.48. The van der Waals surface area contributed by atoms with Crippen molar-refractivity contribution in [2.45, 2.75) is 39.1 Å². The first-order chi connectivity index (χ1) is 14.3. The third-order valence-corrected chi connectivity index (χ3v) is 5.51. The molecule has 162 valence electrons. The maximum absolute atomic E-state index is 13.2. The highest BCUT2D eigenvalue weighted by atomic mass is 32.2. The molecule has 0 aliphatic carbocycles. The SMILES string of the molecule is CC(C)CNC(=O)[C@H](C)N(Cc1ccc(F)cc1)C(=O)CSCc1ccc(F)cc1. The molecule has 0 saturated carbocycles.